The van der Waals surface area contributed by atoms with Crippen molar-refractivity contribution in [3.63, 3.8) is 0 Å². The first-order valence-corrected chi connectivity index (χ1v) is 5.50. The Morgan fingerprint density at radius 2 is 2.27 bits per heavy atom. The molecule has 0 atom stereocenters. The SMILES string of the molecule is COC(=O)c1cc(Br)c2nc(Br)nn2c1. The zero-order chi connectivity index (χ0) is 11.0. The molecule has 0 aliphatic heterocycles. The van der Waals surface area contributed by atoms with E-state index in [0.29, 0.717) is 20.4 Å². The number of esters is 1. The third-order valence-electron chi connectivity index (χ3n) is 1.78. The fourth-order valence-corrected chi connectivity index (χ4v) is 2.01. The van der Waals surface area contributed by atoms with Crippen LogP contribution in [0.1, 0.15) is 10.4 Å². The third kappa shape index (κ3) is 1.89. The van der Waals surface area contributed by atoms with Crippen LogP contribution in [0.25, 0.3) is 5.65 Å². The molecule has 15 heavy (non-hydrogen) atoms. The number of hydrogen-bond donors (Lipinski definition) is 0. The summed E-state index contributed by atoms with van der Waals surface area (Å²) in [7, 11) is 1.33. The van der Waals surface area contributed by atoms with E-state index in [4.69, 9.17) is 0 Å². The Labute approximate surface area is 102 Å². The first-order valence-electron chi connectivity index (χ1n) is 3.91. The van der Waals surface area contributed by atoms with Crippen molar-refractivity contribution < 1.29 is 9.53 Å². The number of carbonyl (C=O) groups excluding carboxylic acids is 1. The van der Waals surface area contributed by atoms with Gasteiger partial charge in [0, 0.05) is 6.20 Å². The number of pyridine rings is 1. The molecule has 0 saturated heterocycles. The predicted octanol–water partition coefficient (Wildman–Crippen LogP) is 2.04. The van der Waals surface area contributed by atoms with Crippen LogP contribution in [0.15, 0.2) is 21.5 Å². The van der Waals surface area contributed by atoms with Gasteiger partial charge in [-0.05, 0) is 37.9 Å². The van der Waals surface area contributed by atoms with E-state index in [1.165, 1.54) is 11.6 Å². The van der Waals surface area contributed by atoms with Crippen molar-refractivity contribution in [1.29, 1.82) is 0 Å². The third-order valence-corrected chi connectivity index (χ3v) is 2.70. The lowest BCUT2D eigenvalue weighted by Gasteiger charge is -2.00. The monoisotopic (exact) mass is 333 g/mol. The summed E-state index contributed by atoms with van der Waals surface area (Å²) in [4.78, 5) is 15.4. The standard InChI is InChI=1S/C8H5Br2N3O2/c1-15-7(14)4-2-5(9)6-11-8(10)12-13(6)3-4/h2-3H,1H3. The average Bonchev–Trinajstić information content (AvgIpc) is 2.58. The molecule has 0 N–H and O–H groups in total. The fourth-order valence-electron chi connectivity index (χ4n) is 1.15. The summed E-state index contributed by atoms with van der Waals surface area (Å²) in [6.07, 6.45) is 1.56. The van der Waals surface area contributed by atoms with Crippen molar-refractivity contribution in [2.75, 3.05) is 7.11 Å². The molecule has 5 nitrogen and oxygen atoms in total. The van der Waals surface area contributed by atoms with Crippen LogP contribution in [0, 0.1) is 0 Å². The molecule has 0 aliphatic rings. The maximum Gasteiger partial charge on any atom is 0.339 e. The van der Waals surface area contributed by atoms with Gasteiger partial charge >= 0.3 is 5.97 Å². The molecule has 0 fully saturated rings. The van der Waals surface area contributed by atoms with E-state index >= 15 is 0 Å². The van der Waals surface area contributed by atoms with Gasteiger partial charge in [-0.1, -0.05) is 0 Å². The first-order chi connectivity index (χ1) is 7.11. The second-order valence-electron chi connectivity index (χ2n) is 2.72. The van der Waals surface area contributed by atoms with Crippen LogP contribution in [0.2, 0.25) is 0 Å². The number of rotatable bonds is 1. The molecule has 0 radical (unpaired) electrons. The summed E-state index contributed by atoms with van der Waals surface area (Å²) >= 11 is 6.46. The van der Waals surface area contributed by atoms with E-state index in [2.05, 4.69) is 46.7 Å². The molecule has 0 amide bonds. The molecule has 2 heterocycles. The van der Waals surface area contributed by atoms with Crippen molar-refractivity contribution in [2.24, 2.45) is 0 Å². The van der Waals surface area contributed by atoms with Crippen molar-refractivity contribution in [2.45, 2.75) is 0 Å². The number of halogens is 2. The lowest BCUT2D eigenvalue weighted by molar-refractivity contribution is 0.0600. The molecule has 2 aromatic heterocycles. The van der Waals surface area contributed by atoms with E-state index in [-0.39, 0.29) is 0 Å². The molecule has 2 aromatic rings. The van der Waals surface area contributed by atoms with E-state index in [1.54, 1.807) is 12.3 Å². The van der Waals surface area contributed by atoms with Crippen LogP contribution < -0.4 is 0 Å². The zero-order valence-electron chi connectivity index (χ0n) is 7.57. The topological polar surface area (TPSA) is 56.5 Å². The summed E-state index contributed by atoms with van der Waals surface area (Å²) in [6.45, 7) is 0. The van der Waals surface area contributed by atoms with Gasteiger partial charge < -0.3 is 4.74 Å². The Morgan fingerprint density at radius 1 is 1.53 bits per heavy atom. The highest BCUT2D eigenvalue weighted by atomic mass is 79.9. The van der Waals surface area contributed by atoms with E-state index in [0.717, 1.165) is 0 Å². The van der Waals surface area contributed by atoms with Gasteiger partial charge in [-0.15, -0.1) is 5.10 Å². The van der Waals surface area contributed by atoms with Gasteiger partial charge in [0.15, 0.2) is 5.65 Å². The molecule has 0 bridgehead atoms. The minimum atomic E-state index is -0.413. The minimum absolute atomic E-state index is 0.411. The second-order valence-corrected chi connectivity index (χ2v) is 4.28. The van der Waals surface area contributed by atoms with E-state index < -0.39 is 5.97 Å². The lowest BCUT2D eigenvalue weighted by Crippen LogP contribution is -2.03. The van der Waals surface area contributed by atoms with Crippen molar-refractivity contribution in [3.8, 4) is 0 Å². The largest absolute Gasteiger partial charge is 0.465 e. The number of aromatic nitrogens is 3. The lowest BCUT2D eigenvalue weighted by atomic mass is 10.3. The maximum atomic E-state index is 11.3. The molecule has 0 unspecified atom stereocenters. The van der Waals surface area contributed by atoms with E-state index in [1.807, 2.05) is 0 Å². The molecule has 0 saturated carbocycles. The number of carbonyl (C=O) groups is 1. The molecule has 0 aliphatic carbocycles. The summed E-state index contributed by atoms with van der Waals surface area (Å²) in [5.74, 6) is -0.413. The molecule has 0 spiro atoms. The van der Waals surface area contributed by atoms with Crippen LogP contribution in [-0.2, 0) is 4.74 Å². The maximum absolute atomic E-state index is 11.3. The van der Waals surface area contributed by atoms with Crippen LogP contribution in [-0.4, -0.2) is 27.7 Å². The highest BCUT2D eigenvalue weighted by molar-refractivity contribution is 9.11. The Morgan fingerprint density at radius 3 is 2.93 bits per heavy atom. The Hall–Kier alpha value is -0.950. The molecule has 2 rings (SSSR count). The van der Waals surface area contributed by atoms with Gasteiger partial charge in [-0.25, -0.2) is 14.3 Å². The summed E-state index contributed by atoms with van der Waals surface area (Å²) in [5, 5.41) is 4.04. The van der Waals surface area contributed by atoms with Gasteiger partial charge in [0.1, 0.15) is 0 Å². The van der Waals surface area contributed by atoms with Gasteiger partial charge in [-0.2, -0.15) is 0 Å². The van der Waals surface area contributed by atoms with Crippen LogP contribution in [0.5, 0.6) is 0 Å². The number of hydrogen-bond acceptors (Lipinski definition) is 4. The molecule has 78 valence electrons. The summed E-state index contributed by atoms with van der Waals surface area (Å²) in [5.41, 5.74) is 1.05. The fraction of sp³-hybridized carbons (Fsp3) is 0.125. The smallest absolute Gasteiger partial charge is 0.339 e. The first kappa shape index (κ1) is 10.6. The van der Waals surface area contributed by atoms with Gasteiger partial charge in [0.2, 0.25) is 4.73 Å². The molecule has 0 aromatic carbocycles. The highest BCUT2D eigenvalue weighted by Gasteiger charge is 2.11. The summed E-state index contributed by atoms with van der Waals surface area (Å²) in [6, 6.07) is 1.64. The number of fused-ring (bicyclic) bond motifs is 1. The molecule has 7 heteroatoms. The van der Waals surface area contributed by atoms with Crippen molar-refractivity contribution in [3.05, 3.63) is 27.0 Å². The zero-order valence-corrected chi connectivity index (χ0v) is 10.7. The second kappa shape index (κ2) is 3.90. The summed E-state index contributed by atoms with van der Waals surface area (Å²) < 4.78 is 7.26. The van der Waals surface area contributed by atoms with E-state index in [9.17, 15) is 4.79 Å². The van der Waals surface area contributed by atoms with Gasteiger partial charge in [0.05, 0.1) is 17.1 Å². The van der Waals surface area contributed by atoms with Crippen molar-refractivity contribution in [1.82, 2.24) is 14.6 Å². The molecular weight excluding hydrogens is 330 g/mol. The molecular formula is C8H5Br2N3O2. The van der Waals surface area contributed by atoms with Crippen LogP contribution in [0.4, 0.5) is 0 Å². The Balaban J connectivity index is 2.66. The van der Waals surface area contributed by atoms with Gasteiger partial charge in [-0.3, -0.25) is 0 Å². The Kier molecular flexibility index (Phi) is 2.74. The van der Waals surface area contributed by atoms with Crippen LogP contribution >= 0.6 is 31.9 Å². The predicted molar refractivity (Wildman–Crippen MR) is 59.7 cm³/mol. The average molecular weight is 335 g/mol. The Bertz CT molecular complexity index is 538. The normalized spacial score (nSPS) is 10.6. The highest BCUT2D eigenvalue weighted by Crippen LogP contribution is 2.20. The quantitative estimate of drug-likeness (QED) is 0.749. The van der Waals surface area contributed by atoms with Gasteiger partial charge in [0.25, 0.3) is 0 Å². The number of ether oxygens (including phenoxy) is 1. The number of methoxy groups -OCH3 is 1. The minimum Gasteiger partial charge on any atom is -0.465 e. The number of nitrogens with zero attached hydrogens (tertiary/aromatic N) is 3. The van der Waals surface area contributed by atoms with Crippen LogP contribution in [0.3, 0.4) is 0 Å². The van der Waals surface area contributed by atoms with Crippen molar-refractivity contribution >= 4 is 43.5 Å².